The quantitative estimate of drug-likeness (QED) is 0.753. The van der Waals surface area contributed by atoms with Gasteiger partial charge < -0.3 is 9.80 Å². The maximum absolute atomic E-state index is 12.8. The highest BCUT2D eigenvalue weighted by molar-refractivity contribution is 7.94. The molecule has 1 atom stereocenters. The van der Waals surface area contributed by atoms with E-state index in [4.69, 9.17) is 0 Å². The summed E-state index contributed by atoms with van der Waals surface area (Å²) in [5.41, 5.74) is 0.744. The first-order valence-corrected chi connectivity index (χ1v) is 11.1. The van der Waals surface area contributed by atoms with Crippen LogP contribution < -0.4 is 9.21 Å². The van der Waals surface area contributed by atoms with E-state index in [0.717, 1.165) is 10.1 Å². The Kier molecular flexibility index (Phi) is 4.99. The van der Waals surface area contributed by atoms with Crippen molar-refractivity contribution in [3.63, 3.8) is 0 Å². The number of anilines is 2. The first-order valence-electron chi connectivity index (χ1n) is 9.49. The van der Waals surface area contributed by atoms with Gasteiger partial charge in [-0.25, -0.2) is 17.7 Å². The zero-order valence-corrected chi connectivity index (χ0v) is 16.9. The maximum Gasteiger partial charge on any atom is 0.253 e. The monoisotopic (exact) mass is 414 g/mol. The van der Waals surface area contributed by atoms with Crippen molar-refractivity contribution in [2.45, 2.75) is 6.92 Å². The second kappa shape index (κ2) is 7.47. The number of nitrogens with zero attached hydrogens (tertiary/aromatic N) is 4. The Balaban J connectivity index is 1.43. The molecule has 0 unspecified atom stereocenters. The van der Waals surface area contributed by atoms with Crippen molar-refractivity contribution in [2.75, 3.05) is 41.1 Å². The predicted octanol–water partition coefficient (Wildman–Crippen LogP) is 1.36. The average Bonchev–Trinajstić information content (AvgIpc) is 2.95. The fourth-order valence-electron chi connectivity index (χ4n) is 3.69. The van der Waals surface area contributed by atoms with Gasteiger partial charge in [-0.3, -0.25) is 9.59 Å². The molecule has 29 heavy (non-hydrogen) atoms. The minimum Gasteiger partial charge on any atom is -0.353 e. The van der Waals surface area contributed by atoms with E-state index < -0.39 is 21.8 Å². The van der Waals surface area contributed by atoms with Crippen LogP contribution in [0, 0.1) is 5.92 Å². The fraction of sp³-hybridized carbons (Fsp3) is 0.350. The largest absolute Gasteiger partial charge is 0.353 e. The van der Waals surface area contributed by atoms with Gasteiger partial charge in [0, 0.05) is 37.9 Å². The molecule has 2 fully saturated rings. The van der Waals surface area contributed by atoms with E-state index in [9.17, 15) is 18.0 Å². The van der Waals surface area contributed by atoms with Crippen molar-refractivity contribution in [3.05, 3.63) is 54.2 Å². The Morgan fingerprint density at radius 1 is 1.03 bits per heavy atom. The summed E-state index contributed by atoms with van der Waals surface area (Å²) in [6, 6.07) is 12.0. The van der Waals surface area contributed by atoms with Crippen LogP contribution in [0.15, 0.2) is 48.7 Å². The summed E-state index contributed by atoms with van der Waals surface area (Å²) in [6.07, 6.45) is 1.75. The minimum atomic E-state index is -3.65. The molecule has 9 heteroatoms. The van der Waals surface area contributed by atoms with Crippen LogP contribution in [0.1, 0.15) is 17.3 Å². The van der Waals surface area contributed by atoms with Crippen LogP contribution in [0.2, 0.25) is 0 Å². The van der Waals surface area contributed by atoms with Gasteiger partial charge in [0.25, 0.3) is 5.91 Å². The second-order valence-electron chi connectivity index (χ2n) is 7.30. The van der Waals surface area contributed by atoms with Crippen LogP contribution in [-0.2, 0) is 14.8 Å². The summed E-state index contributed by atoms with van der Waals surface area (Å²) in [4.78, 5) is 33.3. The summed E-state index contributed by atoms with van der Waals surface area (Å²) in [7, 11) is -3.65. The third-order valence-corrected chi connectivity index (χ3v) is 7.12. The number of hydrogen-bond acceptors (Lipinski definition) is 6. The van der Waals surface area contributed by atoms with Gasteiger partial charge in [0.1, 0.15) is 5.82 Å². The summed E-state index contributed by atoms with van der Waals surface area (Å²) in [5.74, 6) is -0.394. The lowest BCUT2D eigenvalue weighted by Crippen LogP contribution is -2.49. The lowest BCUT2D eigenvalue weighted by Gasteiger charge is -2.35. The standard InChI is InChI=1S/C20H22N4O4S/c1-15-14-29(27,28)24(19(15)25)17-7-5-16(6-8-17)20(26)23-12-10-22(11-13-23)18-4-2-3-9-21-18/h2-9,15H,10-14H2,1H3/t15-/m0/s1. The van der Waals surface area contributed by atoms with Crippen molar-refractivity contribution in [1.29, 1.82) is 0 Å². The van der Waals surface area contributed by atoms with Gasteiger partial charge in [0.05, 0.1) is 17.4 Å². The molecule has 1 aromatic heterocycles. The SMILES string of the molecule is C[C@H]1CS(=O)(=O)N(c2ccc(C(=O)N3CCN(c4ccccn4)CC3)cc2)C1=O. The van der Waals surface area contributed by atoms with Gasteiger partial charge >= 0.3 is 0 Å². The lowest BCUT2D eigenvalue weighted by molar-refractivity contribution is -0.119. The summed E-state index contributed by atoms with van der Waals surface area (Å²) >= 11 is 0. The molecule has 2 aliphatic heterocycles. The molecule has 4 rings (SSSR count). The molecule has 2 aromatic rings. The Morgan fingerprint density at radius 2 is 1.72 bits per heavy atom. The van der Waals surface area contributed by atoms with Crippen molar-refractivity contribution < 1.29 is 18.0 Å². The highest BCUT2D eigenvalue weighted by Gasteiger charge is 2.41. The number of sulfonamides is 1. The number of amides is 2. The van der Waals surface area contributed by atoms with Crippen LogP contribution >= 0.6 is 0 Å². The fourth-order valence-corrected chi connectivity index (χ4v) is 5.51. The first-order chi connectivity index (χ1) is 13.9. The maximum atomic E-state index is 12.8. The Labute approximate surface area is 169 Å². The molecule has 3 heterocycles. The number of benzene rings is 1. The van der Waals surface area contributed by atoms with Gasteiger partial charge in [-0.1, -0.05) is 13.0 Å². The van der Waals surface area contributed by atoms with Crippen molar-refractivity contribution in [1.82, 2.24) is 9.88 Å². The summed E-state index contributed by atoms with van der Waals surface area (Å²) in [6.45, 7) is 4.14. The number of carbonyl (C=O) groups is 2. The van der Waals surface area contributed by atoms with Crippen LogP contribution in [0.4, 0.5) is 11.5 Å². The molecule has 2 saturated heterocycles. The smallest absolute Gasteiger partial charge is 0.253 e. The van der Waals surface area contributed by atoms with E-state index in [2.05, 4.69) is 9.88 Å². The van der Waals surface area contributed by atoms with Gasteiger partial charge in [0.2, 0.25) is 15.9 Å². The molecule has 0 saturated carbocycles. The third kappa shape index (κ3) is 3.69. The van der Waals surface area contributed by atoms with Gasteiger partial charge in [-0.15, -0.1) is 0 Å². The number of carbonyl (C=O) groups excluding carboxylic acids is 2. The van der Waals surface area contributed by atoms with Crippen molar-refractivity contribution in [3.8, 4) is 0 Å². The molecule has 8 nitrogen and oxygen atoms in total. The van der Waals surface area contributed by atoms with E-state index >= 15 is 0 Å². The van der Waals surface area contributed by atoms with Crippen LogP contribution in [0.5, 0.6) is 0 Å². The Bertz CT molecular complexity index is 1020. The molecule has 0 radical (unpaired) electrons. The topological polar surface area (TPSA) is 90.9 Å². The van der Waals surface area contributed by atoms with Crippen molar-refractivity contribution in [2.24, 2.45) is 5.92 Å². The Hall–Kier alpha value is -2.94. The zero-order valence-electron chi connectivity index (χ0n) is 16.1. The van der Waals surface area contributed by atoms with Crippen LogP contribution in [0.25, 0.3) is 0 Å². The molecule has 152 valence electrons. The normalized spacial score (nSPS) is 21.5. The second-order valence-corrected chi connectivity index (χ2v) is 9.16. The molecule has 2 aliphatic rings. The van der Waals surface area contributed by atoms with E-state index in [0.29, 0.717) is 31.7 Å². The van der Waals surface area contributed by atoms with E-state index in [1.165, 1.54) is 12.1 Å². The number of rotatable bonds is 3. The van der Waals surface area contributed by atoms with Crippen molar-refractivity contribution >= 4 is 33.3 Å². The highest BCUT2D eigenvalue weighted by Crippen LogP contribution is 2.28. The summed E-state index contributed by atoms with van der Waals surface area (Å²) in [5, 5.41) is 0. The van der Waals surface area contributed by atoms with E-state index in [1.807, 2.05) is 18.2 Å². The van der Waals surface area contributed by atoms with E-state index in [-0.39, 0.29) is 17.3 Å². The molecule has 0 aliphatic carbocycles. The summed E-state index contributed by atoms with van der Waals surface area (Å²) < 4.78 is 25.3. The molecule has 1 aromatic carbocycles. The zero-order chi connectivity index (χ0) is 20.6. The average molecular weight is 414 g/mol. The minimum absolute atomic E-state index is 0.110. The molecular weight excluding hydrogens is 392 g/mol. The number of piperazine rings is 1. The number of aromatic nitrogens is 1. The van der Waals surface area contributed by atoms with Crippen LogP contribution in [-0.4, -0.2) is 62.0 Å². The molecule has 2 amide bonds. The first kappa shape index (κ1) is 19.4. The van der Waals surface area contributed by atoms with Gasteiger partial charge in [0.15, 0.2) is 0 Å². The lowest BCUT2D eigenvalue weighted by atomic mass is 10.1. The predicted molar refractivity (Wildman–Crippen MR) is 109 cm³/mol. The number of pyridine rings is 1. The molecular formula is C20H22N4O4S. The highest BCUT2D eigenvalue weighted by atomic mass is 32.2. The van der Waals surface area contributed by atoms with Gasteiger partial charge in [-0.2, -0.15) is 0 Å². The number of hydrogen-bond donors (Lipinski definition) is 0. The third-order valence-electron chi connectivity index (χ3n) is 5.25. The van der Waals surface area contributed by atoms with Crippen LogP contribution in [0.3, 0.4) is 0 Å². The Morgan fingerprint density at radius 3 is 2.28 bits per heavy atom. The van der Waals surface area contributed by atoms with Gasteiger partial charge in [-0.05, 0) is 36.4 Å². The molecule has 0 N–H and O–H groups in total. The van der Waals surface area contributed by atoms with E-state index in [1.54, 1.807) is 30.2 Å². The molecule has 0 bridgehead atoms. The molecule has 0 spiro atoms.